The predicted octanol–water partition coefficient (Wildman–Crippen LogP) is 1.68. The largest absolute Gasteiger partial charge is 0.497 e. The third-order valence-corrected chi connectivity index (χ3v) is 5.68. The molecule has 2 aromatic rings. The molecule has 0 atom stereocenters. The minimum atomic E-state index is -3.86. The Morgan fingerprint density at radius 3 is 2.52 bits per heavy atom. The van der Waals surface area contributed by atoms with Gasteiger partial charge < -0.3 is 15.4 Å². The van der Waals surface area contributed by atoms with Crippen molar-refractivity contribution in [2.75, 3.05) is 33.3 Å². The fraction of sp³-hybridized carbons (Fsp3) is 0.350. The van der Waals surface area contributed by atoms with E-state index in [1.54, 1.807) is 7.11 Å². The molecule has 2 rings (SSSR count). The van der Waals surface area contributed by atoms with E-state index in [1.807, 2.05) is 31.2 Å². The Labute approximate surface area is 181 Å². The van der Waals surface area contributed by atoms with Gasteiger partial charge in [-0.25, -0.2) is 13.1 Å². The minimum absolute atomic E-state index is 0.0556. The van der Waals surface area contributed by atoms with Crippen molar-refractivity contribution in [1.82, 2.24) is 15.4 Å². The Kier molecular flexibility index (Phi) is 9.22. The highest BCUT2D eigenvalue weighted by molar-refractivity contribution is 7.89. The Hall–Kier alpha value is -3.18. The number of hydrogen-bond donors (Lipinski definition) is 3. The average molecular weight is 450 g/mol. The molecule has 0 amide bonds. The molecule has 0 fully saturated rings. The van der Waals surface area contributed by atoms with Gasteiger partial charge in [-0.2, -0.15) is 0 Å². The molecule has 10 nitrogen and oxygen atoms in total. The Balaban J connectivity index is 1.85. The summed E-state index contributed by atoms with van der Waals surface area (Å²) in [5.74, 6) is 1.38. The summed E-state index contributed by atoms with van der Waals surface area (Å²) in [6.45, 7) is 3.50. The number of rotatable bonds is 11. The van der Waals surface area contributed by atoms with Crippen LogP contribution in [0.4, 0.5) is 5.69 Å². The summed E-state index contributed by atoms with van der Waals surface area (Å²) in [5.41, 5.74) is 0.866. The van der Waals surface area contributed by atoms with Crippen LogP contribution >= 0.6 is 0 Å². The molecule has 0 aliphatic heterocycles. The molecule has 0 aliphatic carbocycles. The lowest BCUT2D eigenvalue weighted by Gasteiger charge is -2.12. The number of guanidine groups is 1. The third kappa shape index (κ3) is 7.87. The molecule has 0 aromatic heterocycles. The van der Waals surface area contributed by atoms with Crippen LogP contribution in [0.3, 0.4) is 0 Å². The summed E-state index contributed by atoms with van der Waals surface area (Å²) in [6.07, 6.45) is 0.786. The van der Waals surface area contributed by atoms with Crippen LogP contribution in [-0.2, 0) is 16.4 Å². The van der Waals surface area contributed by atoms with Crippen LogP contribution in [0.15, 0.2) is 58.4 Å². The van der Waals surface area contributed by atoms with Gasteiger partial charge in [0.05, 0.1) is 23.5 Å². The fourth-order valence-corrected chi connectivity index (χ4v) is 3.71. The number of aliphatic imine (C=N–C) groups is 1. The number of nitrogens with zero attached hydrogens (tertiary/aromatic N) is 2. The van der Waals surface area contributed by atoms with Gasteiger partial charge in [0, 0.05) is 31.8 Å². The molecule has 0 heterocycles. The lowest BCUT2D eigenvalue weighted by atomic mass is 10.1. The minimum Gasteiger partial charge on any atom is -0.497 e. The number of ether oxygens (including phenoxy) is 1. The summed E-state index contributed by atoms with van der Waals surface area (Å²) in [6, 6.07) is 12.7. The van der Waals surface area contributed by atoms with Gasteiger partial charge in [-0.3, -0.25) is 15.1 Å². The van der Waals surface area contributed by atoms with E-state index in [0.29, 0.717) is 19.0 Å². The molecule has 0 spiro atoms. The first-order chi connectivity index (χ1) is 14.9. The highest BCUT2D eigenvalue weighted by Crippen LogP contribution is 2.17. The van der Waals surface area contributed by atoms with E-state index in [0.717, 1.165) is 23.8 Å². The van der Waals surface area contributed by atoms with Crippen LogP contribution in [0.1, 0.15) is 12.5 Å². The van der Waals surface area contributed by atoms with Crippen molar-refractivity contribution in [3.05, 3.63) is 64.2 Å². The fourth-order valence-electron chi connectivity index (χ4n) is 2.65. The molecule has 0 aliphatic rings. The number of hydrogen-bond acceptors (Lipinski definition) is 6. The van der Waals surface area contributed by atoms with E-state index >= 15 is 0 Å². The lowest BCUT2D eigenvalue weighted by molar-refractivity contribution is -0.385. The quantitative estimate of drug-likeness (QED) is 0.156. The topological polar surface area (TPSA) is 135 Å². The van der Waals surface area contributed by atoms with Gasteiger partial charge in [0.25, 0.3) is 5.69 Å². The molecule has 2 aromatic carbocycles. The van der Waals surface area contributed by atoms with E-state index in [2.05, 4.69) is 20.3 Å². The van der Waals surface area contributed by atoms with E-state index in [9.17, 15) is 18.5 Å². The number of nitrogens with one attached hydrogen (secondary N) is 3. The number of nitro benzene ring substituents is 1. The Morgan fingerprint density at radius 1 is 1.13 bits per heavy atom. The van der Waals surface area contributed by atoms with Crippen molar-refractivity contribution in [3.8, 4) is 5.75 Å². The monoisotopic (exact) mass is 449 g/mol. The molecule has 0 radical (unpaired) electrons. The summed E-state index contributed by atoms with van der Waals surface area (Å²) in [5, 5.41) is 17.1. The first kappa shape index (κ1) is 24.1. The zero-order valence-electron chi connectivity index (χ0n) is 17.5. The summed E-state index contributed by atoms with van der Waals surface area (Å²) in [7, 11) is -2.24. The number of non-ortho nitro benzene ring substituents is 1. The number of nitro groups is 1. The van der Waals surface area contributed by atoms with E-state index in [4.69, 9.17) is 4.74 Å². The van der Waals surface area contributed by atoms with Gasteiger partial charge in [-0.1, -0.05) is 18.2 Å². The normalized spacial score (nSPS) is 11.7. The number of sulfonamides is 1. The van der Waals surface area contributed by atoms with Gasteiger partial charge in [0.15, 0.2) is 5.96 Å². The standard InChI is InChI=1S/C20H27N5O5S/c1-3-21-20(22-12-11-16-7-9-18(30-2)10-8-16)23-13-14-24-31(28,29)19-6-4-5-17(15-19)25(26)27/h4-10,15,24H,3,11-14H2,1-2H3,(H2,21,22,23). The molecule has 3 N–H and O–H groups in total. The van der Waals surface area contributed by atoms with Gasteiger partial charge in [0.2, 0.25) is 10.0 Å². The van der Waals surface area contributed by atoms with E-state index in [-0.39, 0.29) is 23.7 Å². The smallest absolute Gasteiger partial charge is 0.270 e. The molecule has 0 unspecified atom stereocenters. The van der Waals surface area contributed by atoms with Crippen molar-refractivity contribution in [2.45, 2.75) is 18.2 Å². The van der Waals surface area contributed by atoms with Gasteiger partial charge in [0.1, 0.15) is 5.75 Å². The predicted molar refractivity (Wildman–Crippen MR) is 119 cm³/mol. The highest BCUT2D eigenvalue weighted by Gasteiger charge is 2.16. The summed E-state index contributed by atoms with van der Waals surface area (Å²) >= 11 is 0. The second kappa shape index (κ2) is 11.9. The molecule has 11 heteroatoms. The maximum absolute atomic E-state index is 12.3. The van der Waals surface area contributed by atoms with Crippen LogP contribution < -0.4 is 20.1 Å². The SMILES string of the molecule is CCNC(=NCCNS(=O)(=O)c1cccc([N+](=O)[O-])c1)NCCc1ccc(OC)cc1. The van der Waals surface area contributed by atoms with Crippen LogP contribution in [-0.4, -0.2) is 52.6 Å². The maximum atomic E-state index is 12.3. The molecule has 0 saturated carbocycles. The second-order valence-electron chi connectivity index (χ2n) is 6.44. The molecule has 0 saturated heterocycles. The van der Waals surface area contributed by atoms with Gasteiger partial charge in [-0.15, -0.1) is 0 Å². The molecule has 0 bridgehead atoms. The molecular weight excluding hydrogens is 422 g/mol. The molecule has 31 heavy (non-hydrogen) atoms. The Morgan fingerprint density at radius 2 is 1.87 bits per heavy atom. The van der Waals surface area contributed by atoms with Crippen molar-refractivity contribution < 1.29 is 18.1 Å². The van der Waals surface area contributed by atoms with Crippen molar-refractivity contribution in [2.24, 2.45) is 4.99 Å². The van der Waals surface area contributed by atoms with Crippen LogP contribution in [0.25, 0.3) is 0 Å². The van der Waals surface area contributed by atoms with Crippen LogP contribution in [0, 0.1) is 10.1 Å². The maximum Gasteiger partial charge on any atom is 0.270 e. The van der Waals surface area contributed by atoms with Gasteiger partial charge in [-0.05, 0) is 37.1 Å². The first-order valence-corrected chi connectivity index (χ1v) is 11.2. The van der Waals surface area contributed by atoms with Crippen molar-refractivity contribution >= 4 is 21.7 Å². The average Bonchev–Trinajstić information content (AvgIpc) is 2.77. The zero-order chi connectivity index (χ0) is 22.7. The first-order valence-electron chi connectivity index (χ1n) is 9.75. The Bertz CT molecular complexity index is 993. The lowest BCUT2D eigenvalue weighted by Crippen LogP contribution is -2.39. The third-order valence-electron chi connectivity index (χ3n) is 4.22. The number of methoxy groups -OCH3 is 1. The van der Waals surface area contributed by atoms with Crippen molar-refractivity contribution in [3.63, 3.8) is 0 Å². The van der Waals surface area contributed by atoms with Crippen LogP contribution in [0.5, 0.6) is 5.75 Å². The summed E-state index contributed by atoms with van der Waals surface area (Å²) in [4.78, 5) is 14.4. The van der Waals surface area contributed by atoms with E-state index in [1.165, 1.54) is 18.2 Å². The molecular formula is C20H27N5O5S. The van der Waals surface area contributed by atoms with E-state index < -0.39 is 14.9 Å². The molecule has 168 valence electrons. The van der Waals surface area contributed by atoms with Gasteiger partial charge >= 0.3 is 0 Å². The summed E-state index contributed by atoms with van der Waals surface area (Å²) < 4.78 is 32.2. The number of benzene rings is 2. The highest BCUT2D eigenvalue weighted by atomic mass is 32.2. The van der Waals surface area contributed by atoms with Crippen molar-refractivity contribution in [1.29, 1.82) is 0 Å². The van der Waals surface area contributed by atoms with Crippen LogP contribution in [0.2, 0.25) is 0 Å². The zero-order valence-corrected chi connectivity index (χ0v) is 18.3. The second-order valence-corrected chi connectivity index (χ2v) is 8.20.